The summed E-state index contributed by atoms with van der Waals surface area (Å²) in [5, 5.41) is 0. The summed E-state index contributed by atoms with van der Waals surface area (Å²) >= 11 is 0. The Labute approximate surface area is 134 Å². The summed E-state index contributed by atoms with van der Waals surface area (Å²) in [5.41, 5.74) is 1.29. The van der Waals surface area contributed by atoms with Gasteiger partial charge in [-0.2, -0.15) is 0 Å². The molecule has 2 saturated heterocycles. The molecule has 3 rings (SSSR count). The fraction of sp³-hybridized carbons (Fsp3) is 0.625. The summed E-state index contributed by atoms with van der Waals surface area (Å²) < 4.78 is 21.6. The molecule has 0 unspecified atom stereocenters. The van der Waals surface area contributed by atoms with Crippen LogP contribution in [0.1, 0.15) is 12.8 Å². The molecule has 0 aromatic heterocycles. The van der Waals surface area contributed by atoms with Gasteiger partial charge in [0.15, 0.2) is 10.7 Å². The van der Waals surface area contributed by atoms with Crippen LogP contribution in [0.2, 0.25) is 0 Å². The van der Waals surface area contributed by atoms with Gasteiger partial charge in [0.1, 0.15) is 0 Å². The highest BCUT2D eigenvalue weighted by molar-refractivity contribution is 7.72. The zero-order valence-electron chi connectivity index (χ0n) is 12.9. The first-order chi connectivity index (χ1) is 10.7. The molecule has 0 saturated carbocycles. The Kier molecular flexibility index (Phi) is 5.33. The van der Waals surface area contributed by atoms with Crippen molar-refractivity contribution in [1.82, 2.24) is 9.80 Å². The number of benzene rings is 1. The van der Waals surface area contributed by atoms with Gasteiger partial charge in [0, 0.05) is 51.0 Å². The van der Waals surface area contributed by atoms with Crippen molar-refractivity contribution in [2.45, 2.75) is 18.9 Å². The van der Waals surface area contributed by atoms with Crippen LogP contribution in [0.15, 0.2) is 24.3 Å². The zero-order valence-corrected chi connectivity index (χ0v) is 13.8. The largest absolute Gasteiger partial charge is 0.371 e. The molecule has 0 amide bonds. The first-order valence-electron chi connectivity index (χ1n) is 8.01. The van der Waals surface area contributed by atoms with Crippen molar-refractivity contribution in [2.75, 3.05) is 50.0 Å². The van der Waals surface area contributed by atoms with E-state index in [9.17, 15) is 8.42 Å². The molecule has 6 heteroatoms. The van der Waals surface area contributed by atoms with Crippen molar-refractivity contribution < 1.29 is 8.42 Å². The van der Waals surface area contributed by atoms with E-state index in [1.54, 1.807) is 0 Å². The van der Waals surface area contributed by atoms with Crippen molar-refractivity contribution in [3.63, 3.8) is 0 Å². The van der Waals surface area contributed by atoms with E-state index in [1.807, 2.05) is 17.0 Å². The van der Waals surface area contributed by atoms with E-state index in [0.717, 1.165) is 39.3 Å². The van der Waals surface area contributed by atoms with E-state index in [-0.39, 0.29) is 5.88 Å². The van der Waals surface area contributed by atoms with Gasteiger partial charge in [-0.15, -0.1) is 0 Å². The number of nitrogens with zero attached hydrogens (tertiary/aromatic N) is 3. The summed E-state index contributed by atoms with van der Waals surface area (Å²) in [4.78, 5) is 7.03. The number of anilines is 1. The highest BCUT2D eigenvalue weighted by Gasteiger charge is 2.27. The molecule has 1 aromatic carbocycles. The number of piperidine rings is 1. The van der Waals surface area contributed by atoms with Crippen LogP contribution in [0, 0.1) is 6.07 Å². The Morgan fingerprint density at radius 2 is 1.64 bits per heavy atom. The standard InChI is InChI=1S/C16H24N3O2S/c20-22(21)14-17-10-12-19(13-11-17)16-6-8-18(9-7-16)15-4-2-1-3-5-15/h2-5,16,22H,6-14H2. The van der Waals surface area contributed by atoms with Crippen molar-refractivity contribution in [3.8, 4) is 0 Å². The Morgan fingerprint density at radius 1 is 1.00 bits per heavy atom. The highest BCUT2D eigenvalue weighted by atomic mass is 32.2. The third-order valence-corrected chi connectivity index (χ3v) is 5.40. The summed E-state index contributed by atoms with van der Waals surface area (Å²) in [6.45, 7) is 5.93. The number of hydrogen-bond acceptors (Lipinski definition) is 5. The van der Waals surface area contributed by atoms with Gasteiger partial charge < -0.3 is 4.90 Å². The number of hydrogen-bond donors (Lipinski definition) is 1. The van der Waals surface area contributed by atoms with Crippen LogP contribution in [0.4, 0.5) is 5.69 Å². The van der Waals surface area contributed by atoms with E-state index in [4.69, 9.17) is 0 Å². The molecule has 0 aliphatic carbocycles. The maximum absolute atomic E-state index is 10.8. The Morgan fingerprint density at radius 3 is 2.23 bits per heavy atom. The minimum Gasteiger partial charge on any atom is -0.371 e. The minimum atomic E-state index is -2.29. The molecule has 22 heavy (non-hydrogen) atoms. The van der Waals surface area contributed by atoms with Gasteiger partial charge in [-0.3, -0.25) is 9.80 Å². The molecule has 0 atom stereocenters. The van der Waals surface area contributed by atoms with Gasteiger partial charge in [-0.1, -0.05) is 12.1 Å². The van der Waals surface area contributed by atoms with E-state index in [0.29, 0.717) is 6.04 Å². The molecule has 121 valence electrons. The summed E-state index contributed by atoms with van der Waals surface area (Å²) in [6, 6.07) is 11.9. The van der Waals surface area contributed by atoms with Gasteiger partial charge in [0.2, 0.25) is 0 Å². The maximum Gasteiger partial charge on any atom is 0.153 e. The van der Waals surface area contributed by atoms with Crippen LogP contribution in [-0.4, -0.2) is 69.4 Å². The van der Waals surface area contributed by atoms with E-state index in [2.05, 4.69) is 28.0 Å². The molecular formula is C16H24N3O2S. The van der Waals surface area contributed by atoms with Crippen LogP contribution in [0.25, 0.3) is 0 Å². The summed E-state index contributed by atoms with van der Waals surface area (Å²) in [6.07, 6.45) is 2.38. The zero-order chi connectivity index (χ0) is 15.4. The molecule has 0 N–H and O–H groups in total. The normalized spacial score (nSPS) is 22.3. The third kappa shape index (κ3) is 4.00. The molecule has 5 nitrogen and oxygen atoms in total. The second-order valence-corrected chi connectivity index (χ2v) is 7.05. The van der Waals surface area contributed by atoms with Crippen LogP contribution in [0.5, 0.6) is 0 Å². The summed E-state index contributed by atoms with van der Waals surface area (Å²) in [7, 11) is -2.29. The molecule has 2 heterocycles. The second-order valence-electron chi connectivity index (χ2n) is 6.10. The molecule has 0 bridgehead atoms. The fourth-order valence-electron chi connectivity index (χ4n) is 3.51. The quantitative estimate of drug-likeness (QED) is 0.824. The molecule has 2 aliphatic rings. The monoisotopic (exact) mass is 322 g/mol. The van der Waals surface area contributed by atoms with E-state index < -0.39 is 10.7 Å². The van der Waals surface area contributed by atoms with Crippen molar-refractivity contribution in [2.24, 2.45) is 0 Å². The average molecular weight is 322 g/mol. The predicted molar refractivity (Wildman–Crippen MR) is 88.8 cm³/mol. The predicted octanol–water partition coefficient (Wildman–Crippen LogP) is 0.642. The van der Waals surface area contributed by atoms with Gasteiger partial charge >= 0.3 is 0 Å². The Hall–Kier alpha value is -1.11. The Bertz CT molecular complexity index is 526. The third-order valence-electron chi connectivity index (χ3n) is 4.77. The molecule has 1 aromatic rings. The van der Waals surface area contributed by atoms with Crippen LogP contribution < -0.4 is 4.90 Å². The molecule has 2 fully saturated rings. The lowest BCUT2D eigenvalue weighted by atomic mass is 10.0. The van der Waals surface area contributed by atoms with Gasteiger partial charge in [-0.05, 0) is 31.0 Å². The lowest BCUT2D eigenvalue weighted by molar-refractivity contribution is 0.0945. The number of piperazine rings is 1. The van der Waals surface area contributed by atoms with Gasteiger partial charge in [0.25, 0.3) is 0 Å². The minimum absolute atomic E-state index is 0.215. The second kappa shape index (κ2) is 7.44. The Balaban J connectivity index is 1.46. The SMILES string of the molecule is O=[SH](=O)CN1CCN(C2CCN(c3cc[c]cc3)CC2)CC1. The van der Waals surface area contributed by atoms with Crippen molar-refractivity contribution in [1.29, 1.82) is 0 Å². The molecule has 1 radical (unpaired) electrons. The number of rotatable bonds is 4. The first kappa shape index (κ1) is 15.8. The first-order valence-corrected chi connectivity index (χ1v) is 9.38. The average Bonchev–Trinajstić information content (AvgIpc) is 2.56. The van der Waals surface area contributed by atoms with Crippen LogP contribution in [0.3, 0.4) is 0 Å². The topological polar surface area (TPSA) is 43.9 Å². The number of thiol groups is 1. The van der Waals surface area contributed by atoms with Crippen molar-refractivity contribution >= 4 is 16.4 Å². The molecular weight excluding hydrogens is 298 g/mol. The molecule has 0 spiro atoms. The van der Waals surface area contributed by atoms with E-state index in [1.165, 1.54) is 18.5 Å². The van der Waals surface area contributed by atoms with Crippen LogP contribution in [-0.2, 0) is 10.7 Å². The van der Waals surface area contributed by atoms with Gasteiger partial charge in [0.05, 0.1) is 5.88 Å². The lowest BCUT2D eigenvalue weighted by Gasteiger charge is -2.43. The molecule has 2 aliphatic heterocycles. The fourth-order valence-corrected chi connectivity index (χ4v) is 4.12. The smallest absolute Gasteiger partial charge is 0.153 e. The van der Waals surface area contributed by atoms with Crippen LogP contribution >= 0.6 is 0 Å². The summed E-state index contributed by atoms with van der Waals surface area (Å²) in [5.74, 6) is 0.215. The lowest BCUT2D eigenvalue weighted by Crippen LogP contribution is -2.53. The van der Waals surface area contributed by atoms with E-state index >= 15 is 0 Å². The van der Waals surface area contributed by atoms with Gasteiger partial charge in [-0.25, -0.2) is 8.42 Å². The maximum atomic E-state index is 10.8. The highest BCUT2D eigenvalue weighted by Crippen LogP contribution is 2.23. The van der Waals surface area contributed by atoms with Crippen molar-refractivity contribution in [3.05, 3.63) is 30.3 Å².